The molecule has 266 valence electrons. The minimum atomic E-state index is -2.05. The van der Waals surface area contributed by atoms with Crippen LogP contribution in [0.1, 0.15) is 49.6 Å². The van der Waals surface area contributed by atoms with Crippen LogP contribution >= 0.6 is 11.6 Å². The van der Waals surface area contributed by atoms with Crippen LogP contribution in [0.15, 0.2) is 80.5 Å². The van der Waals surface area contributed by atoms with Crippen LogP contribution in [0.2, 0.25) is 5.15 Å². The van der Waals surface area contributed by atoms with Crippen molar-refractivity contribution in [3.05, 3.63) is 143 Å². The van der Waals surface area contributed by atoms with Crippen LogP contribution in [0.25, 0.3) is 0 Å². The first-order valence-corrected chi connectivity index (χ1v) is 15.2. The first-order chi connectivity index (χ1) is 24.7. The summed E-state index contributed by atoms with van der Waals surface area (Å²) in [6, 6.07) is 5.43. The second kappa shape index (κ2) is 15.3. The molecule has 4 aromatic heterocycles. The van der Waals surface area contributed by atoms with Gasteiger partial charge in [-0.3, -0.25) is 0 Å². The number of benzene rings is 2. The van der Waals surface area contributed by atoms with Crippen LogP contribution in [0.4, 0.5) is 26.3 Å². The lowest BCUT2D eigenvalue weighted by molar-refractivity contribution is -0.0137. The van der Waals surface area contributed by atoms with Gasteiger partial charge in [-0.05, 0) is 12.1 Å². The highest BCUT2D eigenvalue weighted by Gasteiger charge is 2.43. The molecule has 12 nitrogen and oxygen atoms in total. The van der Waals surface area contributed by atoms with E-state index in [1.165, 1.54) is 48.5 Å². The molecule has 0 aliphatic rings. The second-order valence-electron chi connectivity index (χ2n) is 11.3. The summed E-state index contributed by atoms with van der Waals surface area (Å²) in [5.41, 5.74) is -5.05. The van der Waals surface area contributed by atoms with Crippen LogP contribution in [0.3, 0.4) is 0 Å². The number of hydrogen-bond acceptors (Lipinski definition) is 10. The van der Waals surface area contributed by atoms with E-state index in [0.29, 0.717) is 12.1 Å². The first-order valence-electron chi connectivity index (χ1n) is 15.3. The highest BCUT2D eigenvalue weighted by atomic mass is 35.5. The Bertz CT molecular complexity index is 2000. The van der Waals surface area contributed by atoms with E-state index in [9.17, 15) is 36.6 Å². The minimum absolute atomic E-state index is 0.212. The van der Waals surface area contributed by atoms with Crippen LogP contribution in [0.5, 0.6) is 0 Å². The van der Waals surface area contributed by atoms with Crippen LogP contribution in [0, 0.1) is 34.9 Å². The zero-order valence-electron chi connectivity index (χ0n) is 27.5. The lowest BCUT2D eigenvalue weighted by Gasteiger charge is -2.34. The molecular weight excluding hydrogens is 706 g/mol. The molecule has 0 saturated heterocycles. The van der Waals surface area contributed by atoms with E-state index < -0.39 is 69.3 Å². The molecule has 0 unspecified atom stereocenters. The van der Waals surface area contributed by atoms with Crippen molar-refractivity contribution < 1.29 is 37.9 Å². The van der Waals surface area contributed by atoms with Crippen molar-refractivity contribution in [1.29, 1.82) is 0 Å². The summed E-state index contributed by atoms with van der Waals surface area (Å²) in [4.78, 5) is 22.1. The van der Waals surface area contributed by atoms with E-state index in [0.717, 1.165) is 36.9 Å². The van der Waals surface area contributed by atoms with Gasteiger partial charge in [-0.25, -0.2) is 65.6 Å². The van der Waals surface area contributed by atoms with E-state index in [2.05, 4.69) is 40.1 Å². The van der Waals surface area contributed by atoms with Crippen molar-refractivity contribution in [1.82, 2.24) is 49.5 Å². The van der Waals surface area contributed by atoms with Crippen molar-refractivity contribution in [3.63, 3.8) is 0 Å². The number of rotatable bonds is 10. The van der Waals surface area contributed by atoms with Crippen LogP contribution in [-0.4, -0.2) is 59.7 Å². The summed E-state index contributed by atoms with van der Waals surface area (Å²) in [5, 5.41) is 30.0. The van der Waals surface area contributed by atoms with Gasteiger partial charge in [0.05, 0.1) is 32.0 Å². The minimum Gasteiger partial charge on any atom is -0.382 e. The topological polar surface area (TPSA) is 153 Å². The van der Waals surface area contributed by atoms with Crippen LogP contribution in [-0.2, 0) is 24.3 Å². The normalized spacial score (nSPS) is 15.2. The van der Waals surface area contributed by atoms with Gasteiger partial charge >= 0.3 is 0 Å². The molecule has 19 heteroatoms. The Morgan fingerprint density at radius 3 is 1.65 bits per heavy atom. The maximum Gasteiger partial charge on any atom is 0.182 e. The second-order valence-corrected chi connectivity index (χ2v) is 11.6. The predicted molar refractivity (Wildman–Crippen MR) is 166 cm³/mol. The fourth-order valence-electron chi connectivity index (χ4n) is 5.42. The van der Waals surface area contributed by atoms with Gasteiger partial charge in [0.15, 0.2) is 16.8 Å². The summed E-state index contributed by atoms with van der Waals surface area (Å²) < 4.78 is 94.1. The predicted octanol–water partition coefficient (Wildman–Crippen LogP) is 5.01. The zero-order valence-corrected chi connectivity index (χ0v) is 27.3. The standard InChI is InChI=1S/C16H13ClF3N5O.C16H14F3N5O/c1-9(14-13(20)15(17)23-7-22-14)16(26,5-25-8-21-6-24-25)11-3-2-10(18)4-12(11)19;1-10(15-14(19)5-20-7-22-15)16(25,6-24-9-21-8-23-24)12-3-2-11(17)4-13(12)18/h2-4,6-9,26H,5H2,1H3;2-5,7-10,25H,6H2,1H3/t9-,16+;10-,16+/m00/s1/i;5D. The average Bonchev–Trinajstić information content (AvgIpc) is 3.81. The molecule has 6 rings (SSSR count). The highest BCUT2D eigenvalue weighted by Crippen LogP contribution is 2.41. The van der Waals surface area contributed by atoms with Crippen molar-refractivity contribution in [2.24, 2.45) is 0 Å². The monoisotopic (exact) mass is 733 g/mol. The number of hydrogen-bond donors (Lipinski definition) is 2. The molecule has 0 amide bonds. The fourth-order valence-corrected chi connectivity index (χ4v) is 5.56. The molecule has 6 aromatic rings. The molecule has 0 aliphatic carbocycles. The van der Waals surface area contributed by atoms with Crippen molar-refractivity contribution in [3.8, 4) is 0 Å². The molecule has 4 heterocycles. The van der Waals surface area contributed by atoms with Gasteiger partial charge in [0.1, 0.15) is 72.4 Å². The van der Waals surface area contributed by atoms with Gasteiger partial charge in [-0.1, -0.05) is 37.6 Å². The smallest absolute Gasteiger partial charge is 0.182 e. The van der Waals surface area contributed by atoms with Crippen LogP contribution < -0.4 is 0 Å². The largest absolute Gasteiger partial charge is 0.382 e. The Kier molecular flexibility index (Phi) is 10.6. The molecular formula is C32H27ClF6N10O2. The fraction of sp³-hybridized carbons (Fsp3) is 0.250. The Morgan fingerprint density at radius 1 is 0.686 bits per heavy atom. The molecule has 0 spiro atoms. The third-order valence-corrected chi connectivity index (χ3v) is 8.47. The molecule has 2 aromatic carbocycles. The third-order valence-electron chi connectivity index (χ3n) is 8.20. The Labute approximate surface area is 291 Å². The molecule has 0 aliphatic heterocycles. The van der Waals surface area contributed by atoms with E-state index in [-0.39, 0.29) is 35.6 Å². The van der Waals surface area contributed by atoms with Crippen molar-refractivity contribution in [2.45, 2.75) is 50.0 Å². The van der Waals surface area contributed by atoms with Gasteiger partial charge in [-0.15, -0.1) is 0 Å². The maximum absolute atomic E-state index is 14.4. The molecule has 0 bridgehead atoms. The summed E-state index contributed by atoms with van der Waals surface area (Å²) in [6.45, 7) is 2.29. The quantitative estimate of drug-likeness (QED) is 0.145. The molecule has 0 fully saturated rings. The van der Waals surface area contributed by atoms with Gasteiger partial charge in [0, 0.05) is 35.1 Å². The van der Waals surface area contributed by atoms with Crippen molar-refractivity contribution >= 4 is 11.6 Å². The Balaban J connectivity index is 0.000000201. The van der Waals surface area contributed by atoms with E-state index in [1.807, 2.05) is 0 Å². The lowest BCUT2D eigenvalue weighted by atomic mass is 9.79. The summed E-state index contributed by atoms with van der Waals surface area (Å²) in [5.74, 6) is -7.76. The summed E-state index contributed by atoms with van der Waals surface area (Å²) in [7, 11) is 0. The molecule has 0 saturated carbocycles. The van der Waals surface area contributed by atoms with Gasteiger partial charge in [0.25, 0.3) is 0 Å². The summed E-state index contributed by atoms with van der Waals surface area (Å²) in [6.07, 6.45) is 6.42. The highest BCUT2D eigenvalue weighted by molar-refractivity contribution is 6.29. The van der Waals surface area contributed by atoms with Crippen molar-refractivity contribution in [2.75, 3.05) is 0 Å². The molecule has 4 atom stereocenters. The lowest BCUT2D eigenvalue weighted by Crippen LogP contribution is -2.39. The Morgan fingerprint density at radius 2 is 1.18 bits per heavy atom. The molecule has 2 N–H and O–H groups in total. The number of nitrogens with zero attached hydrogens (tertiary/aromatic N) is 10. The maximum atomic E-state index is 14.4. The van der Waals surface area contributed by atoms with E-state index in [4.69, 9.17) is 13.0 Å². The Hall–Kier alpha value is -5.33. The van der Waals surface area contributed by atoms with Gasteiger partial charge in [0.2, 0.25) is 0 Å². The first kappa shape index (κ1) is 35.5. The zero-order chi connectivity index (χ0) is 37.8. The number of aliphatic hydroxyl groups is 2. The summed E-state index contributed by atoms with van der Waals surface area (Å²) >= 11 is 5.69. The van der Waals surface area contributed by atoms with Gasteiger partial charge in [-0.2, -0.15) is 10.2 Å². The molecule has 51 heavy (non-hydrogen) atoms. The SMILES string of the molecule is C[C@@H](c1ncnc(Cl)c1F)[C@](O)(Cn1cncn1)c1ccc(F)cc1F.[2H]c1ncnc([C@H](C)[C@](O)(Cn2cncn2)c2ccc(F)cc2F)c1F. The number of halogens is 7. The molecule has 0 radical (unpaired) electrons. The van der Waals surface area contributed by atoms with Gasteiger partial charge < -0.3 is 10.2 Å². The van der Waals surface area contributed by atoms with E-state index in [1.54, 1.807) is 0 Å². The average molecular weight is 734 g/mol. The van der Waals surface area contributed by atoms with E-state index >= 15 is 0 Å². The third kappa shape index (κ3) is 7.87. The number of aromatic nitrogens is 10.